The first-order chi connectivity index (χ1) is 12.6. The maximum atomic E-state index is 6.34. The molecule has 3 heteroatoms. The highest BCUT2D eigenvalue weighted by Gasteiger charge is 2.27. The molecule has 2 aromatic carbocycles. The number of aromatic nitrogens is 1. The summed E-state index contributed by atoms with van der Waals surface area (Å²) < 4.78 is 2.55. The van der Waals surface area contributed by atoms with Crippen molar-refractivity contribution >= 4 is 22.5 Å². The van der Waals surface area contributed by atoms with Crippen LogP contribution in [0.1, 0.15) is 36.2 Å². The lowest BCUT2D eigenvalue weighted by Crippen LogP contribution is -2.38. The van der Waals surface area contributed by atoms with Crippen LogP contribution in [0.5, 0.6) is 0 Å². The molecule has 1 unspecified atom stereocenters. The fourth-order valence-corrected chi connectivity index (χ4v) is 4.59. The van der Waals surface area contributed by atoms with Gasteiger partial charge in [-0.05, 0) is 56.1 Å². The Kier molecular flexibility index (Phi) is 4.81. The first-order valence-corrected chi connectivity index (χ1v) is 10.0. The zero-order valence-corrected chi connectivity index (χ0v) is 16.7. The van der Waals surface area contributed by atoms with Crippen LogP contribution in [0.4, 0.5) is 0 Å². The van der Waals surface area contributed by atoms with Gasteiger partial charge in [0.25, 0.3) is 0 Å². The Morgan fingerprint density at radius 3 is 2.77 bits per heavy atom. The second kappa shape index (κ2) is 7.09. The number of likely N-dealkylation sites (N-methyl/N-ethyl adjacent to an activating group) is 1. The Morgan fingerprint density at radius 2 is 2.00 bits per heavy atom. The molecule has 0 bridgehead atoms. The largest absolute Gasteiger partial charge is 0.344 e. The summed E-state index contributed by atoms with van der Waals surface area (Å²) in [5.74, 6) is 0. The summed E-state index contributed by atoms with van der Waals surface area (Å²) in [5, 5.41) is 2.17. The van der Waals surface area contributed by atoms with Gasteiger partial charge in [-0.3, -0.25) is 4.90 Å². The molecule has 0 N–H and O–H groups in total. The van der Waals surface area contributed by atoms with Gasteiger partial charge in [-0.15, -0.1) is 0 Å². The van der Waals surface area contributed by atoms with Gasteiger partial charge >= 0.3 is 0 Å². The highest BCUT2D eigenvalue weighted by molar-refractivity contribution is 6.31. The Bertz CT molecular complexity index is 941. The Labute approximate surface area is 161 Å². The van der Waals surface area contributed by atoms with Crippen LogP contribution in [0, 0.1) is 6.92 Å². The molecule has 3 aromatic rings. The van der Waals surface area contributed by atoms with E-state index in [2.05, 4.69) is 66.6 Å². The van der Waals surface area contributed by atoms with Crippen LogP contribution >= 0.6 is 11.6 Å². The van der Waals surface area contributed by atoms with Crippen molar-refractivity contribution in [2.24, 2.45) is 0 Å². The molecule has 4 rings (SSSR count). The highest BCUT2D eigenvalue weighted by Crippen LogP contribution is 2.34. The van der Waals surface area contributed by atoms with Crippen LogP contribution in [-0.4, -0.2) is 22.1 Å². The van der Waals surface area contributed by atoms with Crippen molar-refractivity contribution in [2.75, 3.05) is 6.54 Å². The van der Waals surface area contributed by atoms with Gasteiger partial charge in [-0.25, -0.2) is 0 Å². The molecule has 0 radical (unpaired) electrons. The van der Waals surface area contributed by atoms with E-state index in [1.807, 2.05) is 6.07 Å². The number of rotatable bonds is 4. The van der Waals surface area contributed by atoms with E-state index < -0.39 is 0 Å². The van der Waals surface area contributed by atoms with E-state index in [1.165, 1.54) is 33.3 Å². The van der Waals surface area contributed by atoms with Crippen molar-refractivity contribution in [2.45, 2.75) is 52.7 Å². The summed E-state index contributed by atoms with van der Waals surface area (Å²) in [4.78, 5) is 2.56. The van der Waals surface area contributed by atoms with Crippen molar-refractivity contribution in [1.82, 2.24) is 9.47 Å². The van der Waals surface area contributed by atoms with E-state index in [-0.39, 0.29) is 0 Å². The molecule has 1 aromatic heterocycles. The zero-order valence-electron chi connectivity index (χ0n) is 15.9. The minimum atomic E-state index is 0.588. The molecule has 0 saturated carbocycles. The predicted octanol–water partition coefficient (Wildman–Crippen LogP) is 5.61. The molecule has 0 aliphatic carbocycles. The summed E-state index contributed by atoms with van der Waals surface area (Å²) in [5.41, 5.74) is 7.06. The van der Waals surface area contributed by atoms with Crippen LogP contribution in [0.25, 0.3) is 10.9 Å². The topological polar surface area (TPSA) is 8.17 Å². The zero-order chi connectivity index (χ0) is 18.3. The van der Waals surface area contributed by atoms with Crippen LogP contribution in [0.15, 0.2) is 42.5 Å². The summed E-state index contributed by atoms with van der Waals surface area (Å²) in [6.45, 7) is 9.92. The second-order valence-electron chi connectivity index (χ2n) is 7.59. The third kappa shape index (κ3) is 3.17. The number of benzene rings is 2. The fourth-order valence-electron chi connectivity index (χ4n) is 4.41. The molecular weight excluding hydrogens is 340 g/mol. The van der Waals surface area contributed by atoms with E-state index in [9.17, 15) is 0 Å². The Balaban J connectivity index is 1.75. The molecule has 26 heavy (non-hydrogen) atoms. The van der Waals surface area contributed by atoms with E-state index in [0.29, 0.717) is 6.04 Å². The van der Waals surface area contributed by atoms with Crippen molar-refractivity contribution in [3.05, 3.63) is 69.9 Å². The quantitative estimate of drug-likeness (QED) is 0.582. The molecule has 0 amide bonds. The molecule has 2 nitrogen and oxygen atoms in total. The first-order valence-electron chi connectivity index (χ1n) is 9.66. The van der Waals surface area contributed by atoms with E-state index in [0.717, 1.165) is 37.5 Å². The maximum Gasteiger partial charge on any atom is 0.0487 e. The number of nitrogens with zero attached hydrogens (tertiary/aromatic N) is 2. The summed E-state index contributed by atoms with van der Waals surface area (Å²) in [6, 6.07) is 15.8. The molecule has 0 spiro atoms. The summed E-state index contributed by atoms with van der Waals surface area (Å²) >= 11 is 6.34. The van der Waals surface area contributed by atoms with Gasteiger partial charge in [0.15, 0.2) is 0 Å². The second-order valence-corrected chi connectivity index (χ2v) is 8.03. The number of aryl methyl sites for hydroxylation is 3. The lowest BCUT2D eigenvalue weighted by Gasteiger charge is -2.33. The van der Waals surface area contributed by atoms with Gasteiger partial charge in [0, 0.05) is 47.2 Å². The van der Waals surface area contributed by atoms with Crippen LogP contribution in [-0.2, 0) is 25.9 Å². The molecular formula is C23H27ClN2. The lowest BCUT2D eigenvalue weighted by atomic mass is 9.99. The van der Waals surface area contributed by atoms with Crippen LogP contribution < -0.4 is 0 Å². The minimum absolute atomic E-state index is 0.588. The van der Waals surface area contributed by atoms with Gasteiger partial charge in [0.1, 0.15) is 0 Å². The van der Waals surface area contributed by atoms with Crippen LogP contribution in [0.3, 0.4) is 0 Å². The SMILES string of the molecule is CCN1Cc2c(n(CCc3cccc(C)c3)c3ccc(Cl)cc23)CC1C. The molecule has 0 fully saturated rings. The number of halogens is 1. The van der Waals surface area contributed by atoms with Crippen molar-refractivity contribution in [3.8, 4) is 0 Å². The third-order valence-electron chi connectivity index (χ3n) is 5.83. The van der Waals surface area contributed by atoms with Gasteiger partial charge < -0.3 is 4.57 Å². The van der Waals surface area contributed by atoms with Gasteiger partial charge in [0.05, 0.1) is 0 Å². The van der Waals surface area contributed by atoms with Gasteiger partial charge in [-0.1, -0.05) is 48.4 Å². The first kappa shape index (κ1) is 17.6. The number of hydrogen-bond acceptors (Lipinski definition) is 1. The number of fused-ring (bicyclic) bond motifs is 3. The molecule has 1 aliphatic heterocycles. The average molecular weight is 367 g/mol. The van der Waals surface area contributed by atoms with Crippen molar-refractivity contribution in [1.29, 1.82) is 0 Å². The average Bonchev–Trinajstić information content (AvgIpc) is 2.91. The normalized spacial score (nSPS) is 17.6. The predicted molar refractivity (Wildman–Crippen MR) is 111 cm³/mol. The van der Waals surface area contributed by atoms with E-state index in [1.54, 1.807) is 0 Å². The lowest BCUT2D eigenvalue weighted by molar-refractivity contribution is 0.192. The summed E-state index contributed by atoms with van der Waals surface area (Å²) in [6.07, 6.45) is 2.18. The van der Waals surface area contributed by atoms with E-state index in [4.69, 9.17) is 11.6 Å². The van der Waals surface area contributed by atoms with E-state index >= 15 is 0 Å². The van der Waals surface area contributed by atoms with Gasteiger partial charge in [-0.2, -0.15) is 0 Å². The van der Waals surface area contributed by atoms with Gasteiger partial charge in [0.2, 0.25) is 0 Å². The molecule has 1 aliphatic rings. The Hall–Kier alpha value is -1.77. The Morgan fingerprint density at radius 1 is 1.15 bits per heavy atom. The standard InChI is InChI=1S/C23H27ClN2/c1-4-25-15-21-20-14-19(24)8-9-22(20)26(23(21)13-17(25)3)11-10-18-7-5-6-16(2)12-18/h5-9,12,14,17H,4,10-11,13,15H2,1-3H3. The number of hydrogen-bond donors (Lipinski definition) is 0. The minimum Gasteiger partial charge on any atom is -0.344 e. The smallest absolute Gasteiger partial charge is 0.0487 e. The molecule has 2 heterocycles. The summed E-state index contributed by atoms with van der Waals surface area (Å²) in [7, 11) is 0. The monoisotopic (exact) mass is 366 g/mol. The molecule has 0 saturated heterocycles. The molecule has 1 atom stereocenters. The fraction of sp³-hybridized carbons (Fsp3) is 0.391. The van der Waals surface area contributed by atoms with Crippen molar-refractivity contribution in [3.63, 3.8) is 0 Å². The molecule has 136 valence electrons. The maximum absolute atomic E-state index is 6.34. The third-order valence-corrected chi connectivity index (χ3v) is 6.07. The highest BCUT2D eigenvalue weighted by atomic mass is 35.5. The van der Waals surface area contributed by atoms with Crippen molar-refractivity contribution < 1.29 is 0 Å². The van der Waals surface area contributed by atoms with Crippen LogP contribution in [0.2, 0.25) is 5.02 Å².